The third-order valence-electron chi connectivity index (χ3n) is 8.78. The molecule has 2 bridgehead atoms. The number of carbonyl (C=O) groups is 4. The van der Waals surface area contributed by atoms with E-state index in [0.717, 1.165) is 6.42 Å². The van der Waals surface area contributed by atoms with Gasteiger partial charge in [-0.05, 0) is 54.4 Å². The normalized spacial score (nSPS) is 33.0. The molecule has 6 aliphatic rings. The van der Waals surface area contributed by atoms with Crippen LogP contribution in [0.25, 0.3) is 0 Å². The maximum Gasteiger partial charge on any atom is 0.316 e. The van der Waals surface area contributed by atoms with E-state index in [9.17, 15) is 19.2 Å². The van der Waals surface area contributed by atoms with E-state index < -0.39 is 11.9 Å². The van der Waals surface area contributed by atoms with Gasteiger partial charge in [0.2, 0.25) is 17.7 Å². The summed E-state index contributed by atoms with van der Waals surface area (Å²) in [7, 11) is 1.56. The van der Waals surface area contributed by atoms with Gasteiger partial charge in [0.05, 0.1) is 30.6 Å². The van der Waals surface area contributed by atoms with Crippen molar-refractivity contribution in [2.45, 2.75) is 12.8 Å². The highest BCUT2D eigenvalue weighted by Gasteiger charge is 2.67. The summed E-state index contributed by atoms with van der Waals surface area (Å²) in [6.45, 7) is 0.203. The highest BCUT2D eigenvalue weighted by molar-refractivity contribution is 6.22. The lowest BCUT2D eigenvalue weighted by atomic mass is 9.63. The van der Waals surface area contributed by atoms with Crippen LogP contribution in [0.1, 0.15) is 12.8 Å². The number of amides is 3. The van der Waals surface area contributed by atoms with E-state index in [1.807, 2.05) is 0 Å². The average molecular weight is 499 g/mol. The van der Waals surface area contributed by atoms with Crippen molar-refractivity contribution in [2.24, 2.45) is 41.4 Å². The molecule has 4 aliphatic carbocycles. The first-order valence-corrected chi connectivity index (χ1v) is 12.8. The molecule has 4 fully saturated rings. The van der Waals surface area contributed by atoms with E-state index in [-0.39, 0.29) is 60.1 Å². The summed E-state index contributed by atoms with van der Waals surface area (Å²) >= 11 is 0. The van der Waals surface area contributed by atoms with Crippen LogP contribution in [0.2, 0.25) is 0 Å². The predicted octanol–water partition coefficient (Wildman–Crippen LogP) is 3.21. The number of hydrogen-bond donors (Lipinski definition) is 0. The maximum atomic E-state index is 13.4. The van der Waals surface area contributed by atoms with Gasteiger partial charge in [-0.25, -0.2) is 4.90 Å². The molecule has 2 aromatic carbocycles. The van der Waals surface area contributed by atoms with Crippen LogP contribution in [0.5, 0.6) is 11.5 Å². The molecule has 0 aromatic heterocycles. The minimum atomic E-state index is -0.631. The Balaban J connectivity index is 1.07. The minimum absolute atomic E-state index is 0.0420. The smallest absolute Gasteiger partial charge is 0.316 e. The fraction of sp³-hybridized carbons (Fsp3) is 0.379. The first-order valence-electron chi connectivity index (χ1n) is 12.8. The van der Waals surface area contributed by atoms with Crippen LogP contribution in [0.15, 0.2) is 60.7 Å². The van der Waals surface area contributed by atoms with E-state index in [2.05, 4.69) is 12.2 Å². The highest BCUT2D eigenvalue weighted by Crippen LogP contribution is 2.65. The number of rotatable bonds is 5. The maximum absolute atomic E-state index is 13.4. The summed E-state index contributed by atoms with van der Waals surface area (Å²) in [5, 5.41) is 0. The Bertz CT molecular complexity index is 1350. The highest BCUT2D eigenvalue weighted by atomic mass is 16.5. The van der Waals surface area contributed by atoms with Crippen molar-refractivity contribution in [3.63, 3.8) is 0 Å². The second-order valence-electron chi connectivity index (χ2n) is 10.7. The second kappa shape index (κ2) is 8.03. The van der Waals surface area contributed by atoms with Gasteiger partial charge in [-0.3, -0.25) is 19.2 Å². The van der Waals surface area contributed by atoms with Crippen LogP contribution in [-0.2, 0) is 19.2 Å². The van der Waals surface area contributed by atoms with Crippen molar-refractivity contribution in [1.82, 2.24) is 0 Å². The summed E-state index contributed by atoms with van der Waals surface area (Å²) < 4.78 is 10.9. The Hall–Kier alpha value is -3.94. The quantitative estimate of drug-likeness (QED) is 0.272. The van der Waals surface area contributed by atoms with Crippen molar-refractivity contribution in [1.29, 1.82) is 0 Å². The third kappa shape index (κ3) is 3.35. The molecule has 2 aliphatic heterocycles. The Morgan fingerprint density at radius 2 is 1.49 bits per heavy atom. The number of ether oxygens (including phenoxy) is 2. The number of anilines is 2. The Kier molecular flexibility index (Phi) is 4.83. The van der Waals surface area contributed by atoms with Crippen molar-refractivity contribution in [2.75, 3.05) is 23.5 Å². The van der Waals surface area contributed by atoms with Gasteiger partial charge >= 0.3 is 5.97 Å². The molecule has 188 valence electrons. The molecule has 7 atom stereocenters. The molecule has 2 aromatic rings. The third-order valence-corrected chi connectivity index (χ3v) is 8.78. The second-order valence-corrected chi connectivity index (χ2v) is 10.7. The molecule has 2 saturated carbocycles. The fourth-order valence-electron chi connectivity index (χ4n) is 6.99. The molecular weight excluding hydrogens is 472 g/mol. The average Bonchev–Trinajstić information content (AvgIpc) is 3.58. The lowest BCUT2D eigenvalue weighted by Gasteiger charge is -2.37. The number of nitrogens with zero attached hydrogens (tertiary/aromatic N) is 2. The number of allylic oxidation sites excluding steroid dienone is 2. The SMILES string of the molecule is COc1cccc(N2C[C@H](C(=O)Oc3cccc(N4C(=O)[C@@H]5[C@H]6C=C[C@@H]([C@@H]7C[C@@H]67)[C@H]5C4=O)c3)CC2=O)c1. The number of hydrogen-bond acceptors (Lipinski definition) is 6. The molecule has 0 radical (unpaired) electrons. The lowest BCUT2D eigenvalue weighted by molar-refractivity contribution is -0.139. The zero-order chi connectivity index (χ0) is 25.4. The van der Waals surface area contributed by atoms with Crippen LogP contribution >= 0.6 is 0 Å². The van der Waals surface area contributed by atoms with E-state index in [1.165, 1.54) is 4.90 Å². The molecule has 0 N–H and O–H groups in total. The zero-order valence-corrected chi connectivity index (χ0v) is 20.3. The van der Waals surface area contributed by atoms with E-state index in [0.29, 0.717) is 29.0 Å². The van der Waals surface area contributed by atoms with E-state index in [4.69, 9.17) is 9.47 Å². The molecule has 2 heterocycles. The van der Waals surface area contributed by atoms with Crippen molar-refractivity contribution >= 4 is 35.1 Å². The first kappa shape index (κ1) is 22.3. The van der Waals surface area contributed by atoms with Gasteiger partial charge in [-0.15, -0.1) is 0 Å². The minimum Gasteiger partial charge on any atom is -0.497 e. The van der Waals surface area contributed by atoms with Crippen molar-refractivity contribution in [3.8, 4) is 11.5 Å². The van der Waals surface area contributed by atoms with Gasteiger partial charge < -0.3 is 14.4 Å². The number of methoxy groups -OCH3 is 1. The molecule has 8 nitrogen and oxygen atoms in total. The Labute approximate surface area is 213 Å². The van der Waals surface area contributed by atoms with Gasteiger partial charge in [0.25, 0.3) is 0 Å². The van der Waals surface area contributed by atoms with Gasteiger partial charge in [0, 0.05) is 30.8 Å². The van der Waals surface area contributed by atoms with E-state index in [1.54, 1.807) is 60.5 Å². The molecule has 0 unspecified atom stereocenters. The summed E-state index contributed by atoms with van der Waals surface area (Å²) in [6, 6.07) is 13.7. The monoisotopic (exact) mass is 498 g/mol. The number of esters is 1. The summed E-state index contributed by atoms with van der Waals surface area (Å²) in [5.41, 5.74) is 1.08. The standard InChI is InChI=1S/C29H26N2O6/c1-36-18-6-2-4-16(11-18)30-14-15(10-24(30)32)29(35)37-19-7-3-5-17(12-19)31-27(33)25-20-8-9-21(23-13-22(20)23)26(25)28(31)34/h2-9,11-12,15,20-23,25-26H,10,13-14H2,1H3/t15-,20+,21+,22+,23+,25-,26-/m1/s1. The topological polar surface area (TPSA) is 93.2 Å². The molecular formula is C29H26N2O6. The molecule has 2 saturated heterocycles. The molecule has 8 rings (SSSR count). The largest absolute Gasteiger partial charge is 0.497 e. The first-order chi connectivity index (χ1) is 17.9. The van der Waals surface area contributed by atoms with Gasteiger partial charge in [0.1, 0.15) is 11.5 Å². The molecule has 3 amide bonds. The summed E-state index contributed by atoms with van der Waals surface area (Å²) in [5.74, 6) is 0.0301. The number of benzene rings is 2. The van der Waals surface area contributed by atoms with Crippen LogP contribution in [0, 0.1) is 41.4 Å². The zero-order valence-electron chi connectivity index (χ0n) is 20.3. The molecule has 0 spiro atoms. The number of carbonyl (C=O) groups excluding carboxylic acids is 4. The Morgan fingerprint density at radius 3 is 2.16 bits per heavy atom. The lowest BCUT2D eigenvalue weighted by Crippen LogP contribution is -2.40. The van der Waals surface area contributed by atoms with Crippen LogP contribution < -0.4 is 19.3 Å². The molecule has 37 heavy (non-hydrogen) atoms. The predicted molar refractivity (Wildman–Crippen MR) is 133 cm³/mol. The number of imide groups is 1. The van der Waals surface area contributed by atoms with Gasteiger partial charge in [-0.1, -0.05) is 24.3 Å². The van der Waals surface area contributed by atoms with Gasteiger partial charge in [0.15, 0.2) is 0 Å². The summed E-state index contributed by atoms with van der Waals surface area (Å²) in [4.78, 5) is 55.3. The van der Waals surface area contributed by atoms with Gasteiger partial charge in [-0.2, -0.15) is 0 Å². The Morgan fingerprint density at radius 1 is 0.865 bits per heavy atom. The van der Waals surface area contributed by atoms with Crippen molar-refractivity contribution in [3.05, 3.63) is 60.7 Å². The molecule has 8 heteroatoms. The van der Waals surface area contributed by atoms with Crippen LogP contribution in [0.3, 0.4) is 0 Å². The van der Waals surface area contributed by atoms with E-state index >= 15 is 0 Å². The van der Waals surface area contributed by atoms with Crippen molar-refractivity contribution < 1.29 is 28.7 Å². The van der Waals surface area contributed by atoms with Crippen LogP contribution in [0.4, 0.5) is 11.4 Å². The fourth-order valence-corrected chi connectivity index (χ4v) is 6.99. The summed E-state index contributed by atoms with van der Waals surface area (Å²) in [6.07, 6.45) is 5.44. The van der Waals surface area contributed by atoms with Crippen LogP contribution in [-0.4, -0.2) is 37.3 Å².